The van der Waals surface area contributed by atoms with Gasteiger partial charge in [-0.2, -0.15) is 0 Å². The fourth-order valence-electron chi connectivity index (χ4n) is 3.30. The third kappa shape index (κ3) is 3.00. The minimum atomic E-state index is -0.0715. The van der Waals surface area contributed by atoms with Crippen molar-refractivity contribution in [2.24, 2.45) is 0 Å². The van der Waals surface area contributed by atoms with Crippen LogP contribution in [0.25, 0.3) is 22.1 Å². The van der Waals surface area contributed by atoms with Crippen LogP contribution >= 0.6 is 0 Å². The van der Waals surface area contributed by atoms with Crippen LogP contribution in [0.5, 0.6) is 0 Å². The molecule has 0 fully saturated rings. The molecule has 4 nitrogen and oxygen atoms in total. The highest BCUT2D eigenvalue weighted by Gasteiger charge is 2.25. The fourth-order valence-corrected chi connectivity index (χ4v) is 3.30. The summed E-state index contributed by atoms with van der Waals surface area (Å²) < 4.78 is 5.97. The molecule has 4 heterocycles. The smallest absolute Gasteiger partial charge is 0.152 e. The number of hydrogen-bond acceptors (Lipinski definition) is 3. The predicted octanol–water partition coefficient (Wildman–Crippen LogP) is 5.52. The second-order valence-electron chi connectivity index (χ2n) is 8.73. The van der Waals surface area contributed by atoms with Crippen LogP contribution in [0.2, 0.25) is 0 Å². The molecule has 0 aliphatic heterocycles. The number of fused-ring (bicyclic) bond motifs is 2. The molecule has 4 aromatic heterocycles. The van der Waals surface area contributed by atoms with Gasteiger partial charge in [-0.1, -0.05) is 34.6 Å². The summed E-state index contributed by atoms with van der Waals surface area (Å²) in [7, 11) is 0. The lowest BCUT2D eigenvalue weighted by molar-refractivity contribution is 0.430. The molecular formula is C22H25N3O. The van der Waals surface area contributed by atoms with Gasteiger partial charge in [0.05, 0.1) is 11.0 Å². The Balaban J connectivity index is 1.66. The number of aromatic nitrogens is 3. The van der Waals surface area contributed by atoms with Crippen LogP contribution in [-0.4, -0.2) is 15.0 Å². The minimum absolute atomic E-state index is 0.0164. The first-order valence-corrected chi connectivity index (χ1v) is 9.07. The Morgan fingerprint density at radius 2 is 1.81 bits per heavy atom. The van der Waals surface area contributed by atoms with Crippen molar-refractivity contribution in [1.29, 1.82) is 0 Å². The summed E-state index contributed by atoms with van der Waals surface area (Å²) in [5, 5.41) is 0. The van der Waals surface area contributed by atoms with Crippen molar-refractivity contribution in [3.63, 3.8) is 0 Å². The average molecular weight is 347 g/mol. The van der Waals surface area contributed by atoms with Crippen LogP contribution in [0.4, 0.5) is 0 Å². The Hall–Kier alpha value is -2.62. The first-order chi connectivity index (χ1) is 12.2. The quantitative estimate of drug-likeness (QED) is 0.531. The van der Waals surface area contributed by atoms with E-state index in [2.05, 4.69) is 68.9 Å². The summed E-state index contributed by atoms with van der Waals surface area (Å²) in [5.74, 6) is 0.970. The Morgan fingerprint density at radius 1 is 1.00 bits per heavy atom. The van der Waals surface area contributed by atoms with Crippen molar-refractivity contribution in [1.82, 2.24) is 15.0 Å². The molecule has 1 N–H and O–H groups in total. The standard InChI is InChI=1S/C22H25N3O/c1-21(2,3)20-12-17-18(26-20)9-8-14(24-17)13-22(4,5)19-11-16-15(25-19)7-6-10-23-16/h6-12,25H,13H2,1-5H3. The van der Waals surface area contributed by atoms with Crippen molar-refractivity contribution in [3.8, 4) is 0 Å². The molecule has 0 atom stereocenters. The fraction of sp³-hybridized carbons (Fsp3) is 0.364. The zero-order valence-electron chi connectivity index (χ0n) is 16.1. The van der Waals surface area contributed by atoms with Gasteiger partial charge in [-0.15, -0.1) is 0 Å². The van der Waals surface area contributed by atoms with E-state index in [1.54, 1.807) is 0 Å². The van der Waals surface area contributed by atoms with Crippen molar-refractivity contribution >= 4 is 22.1 Å². The third-order valence-electron chi connectivity index (χ3n) is 4.91. The summed E-state index contributed by atoms with van der Waals surface area (Å²) in [5.41, 5.74) is 6.02. The van der Waals surface area contributed by atoms with Gasteiger partial charge < -0.3 is 9.40 Å². The number of H-pyrrole nitrogens is 1. The van der Waals surface area contributed by atoms with Crippen molar-refractivity contribution < 1.29 is 4.42 Å². The predicted molar refractivity (Wildman–Crippen MR) is 106 cm³/mol. The molecular weight excluding hydrogens is 322 g/mol. The molecule has 0 amide bonds. The molecule has 0 aliphatic carbocycles. The number of rotatable bonds is 3. The molecule has 4 rings (SSSR count). The number of aromatic amines is 1. The molecule has 0 aromatic carbocycles. The molecule has 4 aromatic rings. The van der Waals surface area contributed by atoms with E-state index in [4.69, 9.17) is 9.40 Å². The Morgan fingerprint density at radius 3 is 2.54 bits per heavy atom. The lowest BCUT2D eigenvalue weighted by Crippen LogP contribution is -2.21. The molecule has 0 saturated carbocycles. The molecule has 26 heavy (non-hydrogen) atoms. The molecule has 134 valence electrons. The number of furan rings is 1. The second kappa shape index (κ2) is 5.70. The minimum Gasteiger partial charge on any atom is -0.459 e. The lowest BCUT2D eigenvalue weighted by atomic mass is 9.84. The zero-order valence-corrected chi connectivity index (χ0v) is 16.1. The number of hydrogen-bond donors (Lipinski definition) is 1. The number of nitrogens with zero attached hydrogens (tertiary/aromatic N) is 2. The molecule has 0 aliphatic rings. The van der Waals surface area contributed by atoms with Crippen LogP contribution in [0, 0.1) is 0 Å². The SMILES string of the molecule is CC(C)(C)c1cc2nc(CC(C)(C)c3cc4ncccc4[nH]3)ccc2o1. The molecule has 0 unspecified atom stereocenters. The Bertz CT molecular complexity index is 1050. The lowest BCUT2D eigenvalue weighted by Gasteiger charge is -2.23. The summed E-state index contributed by atoms with van der Waals surface area (Å²) in [4.78, 5) is 12.8. The zero-order chi connectivity index (χ0) is 18.5. The van der Waals surface area contributed by atoms with Gasteiger partial charge in [-0.05, 0) is 30.3 Å². The van der Waals surface area contributed by atoms with Gasteiger partial charge in [0, 0.05) is 40.9 Å². The van der Waals surface area contributed by atoms with Gasteiger partial charge >= 0.3 is 0 Å². The van der Waals surface area contributed by atoms with E-state index in [1.165, 1.54) is 5.69 Å². The van der Waals surface area contributed by atoms with Crippen molar-refractivity contribution in [2.75, 3.05) is 0 Å². The Labute approximate surface area is 153 Å². The summed E-state index contributed by atoms with van der Waals surface area (Å²) in [6.45, 7) is 10.9. The monoisotopic (exact) mass is 347 g/mol. The van der Waals surface area contributed by atoms with E-state index in [1.807, 2.05) is 18.3 Å². The van der Waals surface area contributed by atoms with Crippen LogP contribution in [-0.2, 0) is 17.3 Å². The molecule has 0 spiro atoms. The highest BCUT2D eigenvalue weighted by molar-refractivity contribution is 5.76. The van der Waals surface area contributed by atoms with Gasteiger partial charge in [0.1, 0.15) is 11.3 Å². The van der Waals surface area contributed by atoms with Crippen molar-refractivity contribution in [2.45, 2.75) is 51.9 Å². The van der Waals surface area contributed by atoms with E-state index < -0.39 is 0 Å². The van der Waals surface area contributed by atoms with Gasteiger partial charge in [0.2, 0.25) is 0 Å². The third-order valence-corrected chi connectivity index (χ3v) is 4.91. The van der Waals surface area contributed by atoms with Crippen LogP contribution in [0.1, 0.15) is 51.8 Å². The highest BCUT2D eigenvalue weighted by atomic mass is 16.3. The second-order valence-corrected chi connectivity index (χ2v) is 8.73. The van der Waals surface area contributed by atoms with Crippen LogP contribution < -0.4 is 0 Å². The van der Waals surface area contributed by atoms with Gasteiger partial charge in [-0.3, -0.25) is 4.98 Å². The van der Waals surface area contributed by atoms with Gasteiger partial charge in [-0.25, -0.2) is 4.98 Å². The topological polar surface area (TPSA) is 54.7 Å². The largest absolute Gasteiger partial charge is 0.459 e. The van der Waals surface area contributed by atoms with E-state index in [9.17, 15) is 0 Å². The summed E-state index contributed by atoms with van der Waals surface area (Å²) in [6.07, 6.45) is 2.67. The molecule has 0 bridgehead atoms. The maximum Gasteiger partial charge on any atom is 0.152 e. The van der Waals surface area contributed by atoms with E-state index >= 15 is 0 Å². The number of pyridine rings is 2. The first-order valence-electron chi connectivity index (χ1n) is 9.07. The van der Waals surface area contributed by atoms with Crippen LogP contribution in [0.15, 0.2) is 47.0 Å². The first kappa shape index (κ1) is 16.8. The normalized spacial score (nSPS) is 13.0. The average Bonchev–Trinajstić information content (AvgIpc) is 3.18. The molecule has 4 heteroatoms. The van der Waals surface area contributed by atoms with E-state index in [-0.39, 0.29) is 10.8 Å². The van der Waals surface area contributed by atoms with E-state index in [0.717, 1.165) is 40.0 Å². The summed E-state index contributed by atoms with van der Waals surface area (Å²) in [6, 6.07) is 12.3. The maximum absolute atomic E-state index is 5.97. The van der Waals surface area contributed by atoms with Gasteiger partial charge in [0.25, 0.3) is 0 Å². The summed E-state index contributed by atoms with van der Waals surface area (Å²) >= 11 is 0. The number of nitrogens with one attached hydrogen (secondary N) is 1. The van der Waals surface area contributed by atoms with E-state index in [0.29, 0.717) is 0 Å². The van der Waals surface area contributed by atoms with Crippen LogP contribution in [0.3, 0.4) is 0 Å². The van der Waals surface area contributed by atoms with Crippen molar-refractivity contribution in [3.05, 3.63) is 59.7 Å². The molecule has 0 saturated heterocycles. The highest BCUT2D eigenvalue weighted by Crippen LogP contribution is 2.31. The van der Waals surface area contributed by atoms with Gasteiger partial charge in [0.15, 0.2) is 5.58 Å². The maximum atomic E-state index is 5.97. The Kier molecular flexibility index (Phi) is 3.69. The molecule has 0 radical (unpaired) electrons.